The van der Waals surface area contributed by atoms with Crippen molar-refractivity contribution in [1.29, 1.82) is 0 Å². The Morgan fingerprint density at radius 1 is 1.58 bits per heavy atom. The Hall–Kier alpha value is -1.15. The minimum absolute atomic E-state index is 0.152. The van der Waals surface area contributed by atoms with Crippen LogP contribution in [0.15, 0.2) is 30.5 Å². The lowest BCUT2D eigenvalue weighted by Gasteiger charge is -2.15. The van der Waals surface area contributed by atoms with Gasteiger partial charge in [-0.1, -0.05) is 12.1 Å². The van der Waals surface area contributed by atoms with E-state index in [2.05, 4.69) is 30.1 Å². The summed E-state index contributed by atoms with van der Waals surface area (Å²) < 4.78 is 5.76. The summed E-state index contributed by atoms with van der Waals surface area (Å²) in [7, 11) is 0. The molecule has 2 unspecified atom stereocenters. The number of hydrogen-bond acceptors (Lipinski definition) is 2. The third kappa shape index (κ3) is 0.573. The second kappa shape index (κ2) is 1.77. The Bertz CT molecular complexity index is 372. The maximum Gasteiger partial charge on any atom is 0.127 e. The molecule has 0 aromatic carbocycles. The highest BCUT2D eigenvalue weighted by Gasteiger charge is 2.44. The van der Waals surface area contributed by atoms with Gasteiger partial charge in [-0.3, -0.25) is 4.98 Å². The van der Waals surface area contributed by atoms with Gasteiger partial charge in [-0.2, -0.15) is 0 Å². The summed E-state index contributed by atoms with van der Waals surface area (Å²) in [5, 5.41) is 0. The first-order chi connectivity index (χ1) is 5.80. The van der Waals surface area contributed by atoms with Crippen LogP contribution in [0, 0.1) is 0 Å². The molecule has 0 fully saturated rings. The second-order valence-corrected chi connectivity index (χ2v) is 3.45. The van der Waals surface area contributed by atoms with Crippen molar-refractivity contribution < 1.29 is 4.74 Å². The van der Waals surface area contributed by atoms with E-state index in [4.69, 9.17) is 4.74 Å². The van der Waals surface area contributed by atoms with Gasteiger partial charge in [-0.15, -0.1) is 0 Å². The lowest BCUT2D eigenvalue weighted by atomic mass is 9.94. The molecular weight excluding hydrogens is 150 g/mol. The molecule has 0 aliphatic carbocycles. The van der Waals surface area contributed by atoms with Crippen LogP contribution in [0.3, 0.4) is 0 Å². The predicted molar refractivity (Wildman–Crippen MR) is 44.6 cm³/mol. The molecule has 3 rings (SSSR count). The number of pyridine rings is 1. The maximum absolute atomic E-state index is 5.76. The fourth-order valence-electron chi connectivity index (χ4n) is 1.98. The molecule has 2 atom stereocenters. The summed E-state index contributed by atoms with van der Waals surface area (Å²) >= 11 is 0. The van der Waals surface area contributed by atoms with Gasteiger partial charge in [0.2, 0.25) is 0 Å². The van der Waals surface area contributed by atoms with E-state index in [0.29, 0.717) is 0 Å². The number of aromatic nitrogens is 1. The van der Waals surface area contributed by atoms with E-state index in [1.54, 1.807) is 0 Å². The Labute approximate surface area is 70.9 Å². The largest absolute Gasteiger partial charge is 0.353 e. The topological polar surface area (TPSA) is 22.1 Å². The molecule has 2 aliphatic heterocycles. The molecule has 0 amide bonds. The fourth-order valence-corrected chi connectivity index (χ4v) is 1.98. The number of fused-ring (bicyclic) bond motifs is 5. The van der Waals surface area contributed by atoms with Crippen molar-refractivity contribution in [2.45, 2.75) is 18.6 Å². The molecule has 3 heterocycles. The highest BCUT2D eigenvalue weighted by Crippen LogP contribution is 2.48. The van der Waals surface area contributed by atoms with Crippen molar-refractivity contribution in [2.75, 3.05) is 0 Å². The molecule has 0 spiro atoms. The monoisotopic (exact) mass is 159 g/mol. The van der Waals surface area contributed by atoms with Crippen LogP contribution in [0.25, 0.3) is 0 Å². The summed E-state index contributed by atoms with van der Waals surface area (Å²) in [6.45, 7) is 2.06. The Morgan fingerprint density at radius 3 is 3.33 bits per heavy atom. The molecule has 0 saturated heterocycles. The lowest BCUT2D eigenvalue weighted by Crippen LogP contribution is -2.16. The lowest BCUT2D eigenvalue weighted by molar-refractivity contribution is 0.00946. The minimum Gasteiger partial charge on any atom is -0.353 e. The predicted octanol–water partition coefficient (Wildman–Crippen LogP) is 1.94. The Morgan fingerprint density at radius 2 is 2.50 bits per heavy atom. The minimum atomic E-state index is -0.249. The molecule has 0 N–H and O–H groups in total. The highest BCUT2D eigenvalue weighted by atomic mass is 16.5. The van der Waals surface area contributed by atoms with E-state index >= 15 is 0 Å². The standard InChI is InChI=1S/C10H9NO/c1-10-5-4-8(12-10)7-3-2-6-11-9(7)10/h2-6,8H,1H3. The first kappa shape index (κ1) is 6.38. The summed E-state index contributed by atoms with van der Waals surface area (Å²) in [5.74, 6) is 0. The van der Waals surface area contributed by atoms with E-state index in [1.165, 1.54) is 5.56 Å². The zero-order chi connectivity index (χ0) is 8.18. The molecule has 2 aliphatic rings. The number of hydrogen-bond donors (Lipinski definition) is 0. The van der Waals surface area contributed by atoms with Gasteiger partial charge in [0.15, 0.2) is 0 Å². The van der Waals surface area contributed by atoms with Gasteiger partial charge in [-0.25, -0.2) is 0 Å². The van der Waals surface area contributed by atoms with Crippen LogP contribution < -0.4 is 0 Å². The van der Waals surface area contributed by atoms with Gasteiger partial charge in [0, 0.05) is 11.8 Å². The molecule has 1 aromatic heterocycles. The van der Waals surface area contributed by atoms with Crippen molar-refractivity contribution in [1.82, 2.24) is 4.98 Å². The van der Waals surface area contributed by atoms with Crippen LogP contribution in [0.2, 0.25) is 0 Å². The molecule has 2 nitrogen and oxygen atoms in total. The van der Waals surface area contributed by atoms with Crippen LogP contribution in [-0.4, -0.2) is 4.98 Å². The maximum atomic E-state index is 5.76. The summed E-state index contributed by atoms with van der Waals surface area (Å²) in [6.07, 6.45) is 6.16. The molecule has 2 bridgehead atoms. The first-order valence-electron chi connectivity index (χ1n) is 4.12. The van der Waals surface area contributed by atoms with Crippen molar-refractivity contribution in [2.24, 2.45) is 0 Å². The van der Waals surface area contributed by atoms with Gasteiger partial charge in [0.1, 0.15) is 11.7 Å². The van der Waals surface area contributed by atoms with E-state index in [-0.39, 0.29) is 11.7 Å². The van der Waals surface area contributed by atoms with Gasteiger partial charge in [0.25, 0.3) is 0 Å². The van der Waals surface area contributed by atoms with Gasteiger partial charge in [-0.05, 0) is 19.1 Å². The molecule has 0 radical (unpaired) electrons. The second-order valence-electron chi connectivity index (χ2n) is 3.45. The van der Waals surface area contributed by atoms with E-state index < -0.39 is 0 Å². The average molecular weight is 159 g/mol. The smallest absolute Gasteiger partial charge is 0.127 e. The molecule has 1 aromatic rings. The van der Waals surface area contributed by atoms with Crippen LogP contribution in [-0.2, 0) is 10.3 Å². The summed E-state index contributed by atoms with van der Waals surface area (Å²) in [5.41, 5.74) is 2.06. The van der Waals surface area contributed by atoms with Gasteiger partial charge in [0.05, 0.1) is 5.69 Å². The number of nitrogens with zero attached hydrogens (tertiary/aromatic N) is 1. The molecule has 60 valence electrons. The molecular formula is C10H9NO. The third-order valence-electron chi connectivity index (χ3n) is 2.58. The van der Waals surface area contributed by atoms with Crippen molar-refractivity contribution in [3.8, 4) is 0 Å². The molecule has 12 heavy (non-hydrogen) atoms. The SMILES string of the molecule is CC12C=CC(O1)c1cccnc12. The molecule has 2 heteroatoms. The summed E-state index contributed by atoms with van der Waals surface area (Å²) in [4.78, 5) is 4.34. The number of ether oxygens (including phenoxy) is 1. The van der Waals surface area contributed by atoms with Crippen molar-refractivity contribution >= 4 is 0 Å². The van der Waals surface area contributed by atoms with Gasteiger partial charge >= 0.3 is 0 Å². The van der Waals surface area contributed by atoms with Gasteiger partial charge < -0.3 is 4.74 Å². The van der Waals surface area contributed by atoms with Crippen LogP contribution in [0.4, 0.5) is 0 Å². The van der Waals surface area contributed by atoms with E-state index in [9.17, 15) is 0 Å². The van der Waals surface area contributed by atoms with E-state index in [1.807, 2.05) is 12.3 Å². The molecule has 0 saturated carbocycles. The highest BCUT2D eigenvalue weighted by molar-refractivity contribution is 5.42. The van der Waals surface area contributed by atoms with E-state index in [0.717, 1.165) is 5.69 Å². The zero-order valence-electron chi connectivity index (χ0n) is 6.82. The average Bonchev–Trinajstić information content (AvgIpc) is 2.60. The fraction of sp³-hybridized carbons (Fsp3) is 0.300. The normalized spacial score (nSPS) is 35.6. The van der Waals surface area contributed by atoms with Crippen LogP contribution >= 0.6 is 0 Å². The number of rotatable bonds is 0. The first-order valence-corrected chi connectivity index (χ1v) is 4.12. The van der Waals surface area contributed by atoms with Crippen molar-refractivity contribution in [3.63, 3.8) is 0 Å². The van der Waals surface area contributed by atoms with Crippen molar-refractivity contribution in [3.05, 3.63) is 41.7 Å². The van der Waals surface area contributed by atoms with Crippen LogP contribution in [0.5, 0.6) is 0 Å². The Kier molecular flexibility index (Phi) is 0.943. The van der Waals surface area contributed by atoms with Crippen LogP contribution in [0.1, 0.15) is 24.3 Å². The third-order valence-corrected chi connectivity index (χ3v) is 2.58. The summed E-state index contributed by atoms with van der Waals surface area (Å²) in [6, 6.07) is 4.04. The quantitative estimate of drug-likeness (QED) is 0.540. The Balaban J connectivity index is 2.31. The zero-order valence-corrected chi connectivity index (χ0v) is 6.82.